The summed E-state index contributed by atoms with van der Waals surface area (Å²) in [4.78, 5) is 0. The van der Waals surface area contributed by atoms with Crippen LogP contribution < -0.4 is 10.1 Å². The molecule has 0 aliphatic carbocycles. The van der Waals surface area contributed by atoms with E-state index in [2.05, 4.69) is 19.2 Å². The smallest absolute Gasteiger partial charge is 0.141 e. The number of benzene rings is 1. The normalized spacial score (nSPS) is 26.6. The highest BCUT2D eigenvalue weighted by Gasteiger charge is 2.38. The molecule has 4 heteroatoms. The van der Waals surface area contributed by atoms with Crippen molar-refractivity contribution in [2.45, 2.75) is 38.3 Å². The van der Waals surface area contributed by atoms with Gasteiger partial charge in [0.05, 0.1) is 31.0 Å². The molecule has 2 atom stereocenters. The number of aliphatic hydroxyl groups excluding tert-OH is 1. The zero-order chi connectivity index (χ0) is 14.6. The van der Waals surface area contributed by atoms with Crippen LogP contribution in [0.3, 0.4) is 0 Å². The molecule has 1 aliphatic rings. The first-order chi connectivity index (χ1) is 9.60. The van der Waals surface area contributed by atoms with Crippen molar-refractivity contribution in [1.29, 1.82) is 0 Å². The molecule has 2 unspecified atom stereocenters. The van der Waals surface area contributed by atoms with E-state index < -0.39 is 0 Å². The second kappa shape index (κ2) is 6.46. The third-order valence-corrected chi connectivity index (χ3v) is 4.06. The third kappa shape index (κ3) is 3.25. The van der Waals surface area contributed by atoms with E-state index in [1.165, 1.54) is 0 Å². The number of hydrogen-bond acceptors (Lipinski definition) is 4. The summed E-state index contributed by atoms with van der Waals surface area (Å²) in [5.41, 5.74) is 0.593. The molecule has 2 N–H and O–H groups in total. The summed E-state index contributed by atoms with van der Waals surface area (Å²) in [7, 11) is 1.66. The van der Waals surface area contributed by atoms with E-state index in [0.29, 0.717) is 12.5 Å². The van der Waals surface area contributed by atoms with Crippen molar-refractivity contribution in [2.75, 3.05) is 25.6 Å². The van der Waals surface area contributed by atoms with Gasteiger partial charge in [0.25, 0.3) is 0 Å². The zero-order valence-electron chi connectivity index (χ0n) is 12.6. The van der Waals surface area contributed by atoms with Gasteiger partial charge >= 0.3 is 0 Å². The zero-order valence-corrected chi connectivity index (χ0v) is 12.6. The van der Waals surface area contributed by atoms with E-state index in [0.717, 1.165) is 24.3 Å². The lowest BCUT2D eigenvalue weighted by molar-refractivity contribution is -0.0481. The molecule has 0 aromatic heterocycles. The molecule has 112 valence electrons. The minimum atomic E-state index is -0.332. The van der Waals surface area contributed by atoms with Crippen molar-refractivity contribution in [3.05, 3.63) is 24.3 Å². The first kappa shape index (κ1) is 15.1. The summed E-state index contributed by atoms with van der Waals surface area (Å²) in [6.45, 7) is 5.08. The maximum Gasteiger partial charge on any atom is 0.141 e. The van der Waals surface area contributed by atoms with E-state index in [1.54, 1.807) is 7.11 Å². The number of ether oxygens (including phenoxy) is 2. The van der Waals surface area contributed by atoms with Gasteiger partial charge in [-0.25, -0.2) is 0 Å². The number of nitrogens with one attached hydrogen (secondary N) is 1. The summed E-state index contributed by atoms with van der Waals surface area (Å²) < 4.78 is 11.2. The summed E-state index contributed by atoms with van der Waals surface area (Å²) >= 11 is 0. The molecular formula is C16H25NO3. The van der Waals surface area contributed by atoms with Crippen molar-refractivity contribution in [2.24, 2.45) is 5.92 Å². The fourth-order valence-electron chi connectivity index (χ4n) is 2.71. The first-order valence-corrected chi connectivity index (χ1v) is 7.24. The van der Waals surface area contributed by atoms with Gasteiger partial charge in [0.15, 0.2) is 0 Å². The Bertz CT molecular complexity index is 435. The average Bonchev–Trinajstić information content (AvgIpc) is 2.48. The summed E-state index contributed by atoms with van der Waals surface area (Å²) in [5, 5.41) is 13.4. The van der Waals surface area contributed by atoms with Gasteiger partial charge in [-0.1, -0.05) is 26.0 Å². The lowest BCUT2D eigenvalue weighted by Gasteiger charge is -2.42. The van der Waals surface area contributed by atoms with Gasteiger partial charge in [-0.05, 0) is 30.9 Å². The summed E-state index contributed by atoms with van der Waals surface area (Å²) in [5.74, 6) is 1.24. The number of rotatable bonds is 5. The fraction of sp³-hybridized carbons (Fsp3) is 0.625. The number of para-hydroxylation sites is 2. The van der Waals surface area contributed by atoms with Gasteiger partial charge in [0.2, 0.25) is 0 Å². The molecule has 1 aromatic carbocycles. The molecule has 1 fully saturated rings. The Balaban J connectivity index is 2.18. The Morgan fingerprint density at radius 3 is 2.85 bits per heavy atom. The van der Waals surface area contributed by atoms with Crippen LogP contribution in [0.15, 0.2) is 24.3 Å². The third-order valence-electron chi connectivity index (χ3n) is 4.06. The molecule has 0 spiro atoms. The largest absolute Gasteiger partial charge is 0.495 e. The van der Waals surface area contributed by atoms with E-state index in [1.807, 2.05) is 24.3 Å². The topological polar surface area (TPSA) is 50.7 Å². The Kier molecular flexibility index (Phi) is 4.89. The van der Waals surface area contributed by atoms with Crippen LogP contribution in [0.1, 0.15) is 26.7 Å². The van der Waals surface area contributed by atoms with Gasteiger partial charge in [0, 0.05) is 6.61 Å². The van der Waals surface area contributed by atoms with Gasteiger partial charge in [-0.2, -0.15) is 0 Å². The maximum absolute atomic E-state index is 9.91. The van der Waals surface area contributed by atoms with Gasteiger partial charge in [-0.3, -0.25) is 0 Å². The van der Waals surface area contributed by atoms with Crippen molar-refractivity contribution in [3.63, 3.8) is 0 Å². The number of methoxy groups -OCH3 is 1. The van der Waals surface area contributed by atoms with E-state index in [-0.39, 0.29) is 18.2 Å². The molecule has 20 heavy (non-hydrogen) atoms. The van der Waals surface area contributed by atoms with E-state index in [4.69, 9.17) is 9.47 Å². The van der Waals surface area contributed by atoms with Gasteiger partial charge in [0.1, 0.15) is 5.75 Å². The monoisotopic (exact) mass is 279 g/mol. The standard InChI is InChI=1S/C16H25NO3/c1-12(2)15-10-16(11-18,8-9-20-15)17-13-6-4-5-7-14(13)19-3/h4-7,12,15,17-18H,8-11H2,1-3H3. The van der Waals surface area contributed by atoms with E-state index in [9.17, 15) is 5.11 Å². The number of anilines is 1. The molecule has 1 heterocycles. The molecule has 0 radical (unpaired) electrons. The minimum Gasteiger partial charge on any atom is -0.495 e. The van der Waals surface area contributed by atoms with Crippen molar-refractivity contribution in [1.82, 2.24) is 0 Å². The molecule has 0 bridgehead atoms. The molecular weight excluding hydrogens is 254 g/mol. The Labute approximate surface area is 121 Å². The second-order valence-electron chi connectivity index (χ2n) is 5.87. The highest BCUT2D eigenvalue weighted by atomic mass is 16.5. The highest BCUT2D eigenvalue weighted by molar-refractivity contribution is 5.57. The molecule has 1 saturated heterocycles. The van der Waals surface area contributed by atoms with Crippen LogP contribution in [0.4, 0.5) is 5.69 Å². The SMILES string of the molecule is COc1ccccc1NC1(CO)CCOC(C(C)C)C1. The minimum absolute atomic E-state index is 0.0949. The second-order valence-corrected chi connectivity index (χ2v) is 5.87. The Hall–Kier alpha value is -1.26. The molecule has 0 saturated carbocycles. The van der Waals surface area contributed by atoms with Gasteiger partial charge < -0.3 is 19.9 Å². The number of hydrogen-bond donors (Lipinski definition) is 2. The van der Waals surface area contributed by atoms with Crippen LogP contribution in [0.2, 0.25) is 0 Å². The molecule has 0 amide bonds. The molecule has 4 nitrogen and oxygen atoms in total. The summed E-state index contributed by atoms with van der Waals surface area (Å²) in [6.07, 6.45) is 1.78. The lowest BCUT2D eigenvalue weighted by Crippen LogP contribution is -2.51. The molecule has 1 aliphatic heterocycles. The van der Waals surface area contributed by atoms with Crippen LogP contribution in [-0.4, -0.2) is 37.1 Å². The Morgan fingerprint density at radius 2 is 2.20 bits per heavy atom. The van der Waals surface area contributed by atoms with E-state index >= 15 is 0 Å². The molecule has 2 rings (SSSR count). The van der Waals surface area contributed by atoms with Crippen molar-refractivity contribution < 1.29 is 14.6 Å². The fourth-order valence-corrected chi connectivity index (χ4v) is 2.71. The van der Waals surface area contributed by atoms with Crippen LogP contribution in [0.25, 0.3) is 0 Å². The average molecular weight is 279 g/mol. The van der Waals surface area contributed by atoms with Crippen molar-refractivity contribution in [3.8, 4) is 5.75 Å². The van der Waals surface area contributed by atoms with Crippen molar-refractivity contribution >= 4 is 5.69 Å². The molecule has 1 aromatic rings. The quantitative estimate of drug-likeness (QED) is 0.870. The van der Waals surface area contributed by atoms with Crippen LogP contribution in [0, 0.1) is 5.92 Å². The Morgan fingerprint density at radius 1 is 1.45 bits per heavy atom. The van der Waals surface area contributed by atoms with Gasteiger partial charge in [-0.15, -0.1) is 0 Å². The number of aliphatic hydroxyl groups is 1. The first-order valence-electron chi connectivity index (χ1n) is 7.24. The highest BCUT2D eigenvalue weighted by Crippen LogP contribution is 2.34. The maximum atomic E-state index is 9.91. The van der Waals surface area contributed by atoms with Crippen LogP contribution in [0.5, 0.6) is 5.75 Å². The predicted octanol–water partition coefficient (Wildman–Crippen LogP) is 2.67. The van der Waals surface area contributed by atoms with Crippen LogP contribution >= 0.6 is 0 Å². The summed E-state index contributed by atoms with van der Waals surface area (Å²) in [6, 6.07) is 7.81. The lowest BCUT2D eigenvalue weighted by atomic mass is 9.83. The van der Waals surface area contributed by atoms with Crippen LogP contribution in [-0.2, 0) is 4.74 Å². The predicted molar refractivity (Wildman–Crippen MR) is 80.2 cm³/mol.